The van der Waals surface area contributed by atoms with E-state index in [0.717, 1.165) is 17.7 Å². The second-order valence-electron chi connectivity index (χ2n) is 4.31. The summed E-state index contributed by atoms with van der Waals surface area (Å²) >= 11 is 1.24. The summed E-state index contributed by atoms with van der Waals surface area (Å²) in [6.45, 7) is 3.95. The Morgan fingerprint density at radius 2 is 1.89 bits per heavy atom. The number of hydrogen-bond acceptors (Lipinski definition) is 4. The Labute approximate surface area is 114 Å². The van der Waals surface area contributed by atoms with Crippen molar-refractivity contribution in [3.63, 3.8) is 0 Å². The first-order valence-corrected chi connectivity index (χ1v) is 6.54. The van der Waals surface area contributed by atoms with Gasteiger partial charge in [-0.25, -0.2) is 18.7 Å². The number of rotatable bonds is 3. The van der Waals surface area contributed by atoms with Gasteiger partial charge in [-0.15, -0.1) is 0 Å². The van der Waals surface area contributed by atoms with Crippen molar-refractivity contribution in [2.24, 2.45) is 0 Å². The molecule has 0 atom stereocenters. The lowest BCUT2D eigenvalue weighted by atomic mass is 10.1. The molecular weight excluding hydrogens is 268 g/mol. The molecule has 0 spiro atoms. The van der Waals surface area contributed by atoms with Crippen LogP contribution < -0.4 is 5.73 Å². The quantitative estimate of drug-likeness (QED) is 0.873. The molecule has 6 heteroatoms. The van der Waals surface area contributed by atoms with E-state index in [0.29, 0.717) is 15.7 Å². The second kappa shape index (κ2) is 5.52. The fourth-order valence-electron chi connectivity index (χ4n) is 1.67. The van der Waals surface area contributed by atoms with Crippen molar-refractivity contribution in [1.82, 2.24) is 9.97 Å². The Morgan fingerprint density at radius 1 is 1.16 bits per heavy atom. The van der Waals surface area contributed by atoms with Crippen LogP contribution >= 0.6 is 11.8 Å². The molecule has 3 nitrogen and oxygen atoms in total. The molecule has 1 heterocycles. The standard InChI is InChI=1S/C13H13F2N3S/c1-7(2)11-12(16)17-6-18-13(11)19-8-3-4-9(14)10(15)5-8/h3-7H,1-2H3,(H2,16,17,18). The first kappa shape index (κ1) is 13.7. The van der Waals surface area contributed by atoms with Gasteiger partial charge in [0.1, 0.15) is 17.2 Å². The van der Waals surface area contributed by atoms with Crippen LogP contribution in [-0.2, 0) is 0 Å². The van der Waals surface area contributed by atoms with E-state index >= 15 is 0 Å². The minimum atomic E-state index is -0.877. The number of hydrogen-bond donors (Lipinski definition) is 1. The van der Waals surface area contributed by atoms with Gasteiger partial charge in [-0.1, -0.05) is 25.6 Å². The van der Waals surface area contributed by atoms with E-state index in [9.17, 15) is 8.78 Å². The average Bonchev–Trinajstić information content (AvgIpc) is 2.33. The van der Waals surface area contributed by atoms with Crippen LogP contribution in [0.5, 0.6) is 0 Å². The van der Waals surface area contributed by atoms with E-state index in [2.05, 4.69) is 9.97 Å². The highest BCUT2D eigenvalue weighted by Crippen LogP contribution is 2.34. The van der Waals surface area contributed by atoms with E-state index in [4.69, 9.17) is 5.73 Å². The van der Waals surface area contributed by atoms with Crippen LogP contribution in [-0.4, -0.2) is 9.97 Å². The van der Waals surface area contributed by atoms with Crippen molar-refractivity contribution in [3.8, 4) is 0 Å². The molecule has 2 aromatic rings. The Bertz CT molecular complexity index is 602. The molecule has 0 aliphatic carbocycles. The highest BCUT2D eigenvalue weighted by Gasteiger charge is 2.14. The highest BCUT2D eigenvalue weighted by atomic mass is 32.2. The van der Waals surface area contributed by atoms with Gasteiger partial charge in [0.15, 0.2) is 11.6 Å². The predicted molar refractivity (Wildman–Crippen MR) is 71.0 cm³/mol. The normalized spacial score (nSPS) is 11.0. The molecule has 2 rings (SSSR count). The van der Waals surface area contributed by atoms with E-state index in [1.807, 2.05) is 13.8 Å². The molecule has 100 valence electrons. The Morgan fingerprint density at radius 3 is 2.53 bits per heavy atom. The monoisotopic (exact) mass is 281 g/mol. The maximum absolute atomic E-state index is 13.2. The Hall–Kier alpha value is -1.69. The first-order chi connectivity index (χ1) is 8.99. The lowest BCUT2D eigenvalue weighted by Crippen LogP contribution is -2.03. The van der Waals surface area contributed by atoms with E-state index < -0.39 is 11.6 Å². The van der Waals surface area contributed by atoms with Crippen molar-refractivity contribution in [3.05, 3.63) is 41.7 Å². The van der Waals surface area contributed by atoms with Crippen LogP contribution in [0.25, 0.3) is 0 Å². The van der Waals surface area contributed by atoms with E-state index in [1.165, 1.54) is 24.2 Å². The summed E-state index contributed by atoms with van der Waals surface area (Å²) < 4.78 is 26.1. The minimum absolute atomic E-state index is 0.147. The first-order valence-electron chi connectivity index (χ1n) is 5.72. The molecule has 0 radical (unpaired) electrons. The summed E-state index contributed by atoms with van der Waals surface area (Å²) in [5, 5.41) is 0.661. The lowest BCUT2D eigenvalue weighted by molar-refractivity contribution is 0.506. The van der Waals surface area contributed by atoms with Crippen molar-refractivity contribution in [1.29, 1.82) is 0 Å². The maximum Gasteiger partial charge on any atom is 0.159 e. The third-order valence-corrected chi connectivity index (χ3v) is 3.57. The number of benzene rings is 1. The molecule has 19 heavy (non-hydrogen) atoms. The summed E-state index contributed by atoms with van der Waals surface area (Å²) in [5.74, 6) is -1.18. The van der Waals surface area contributed by atoms with Crippen molar-refractivity contribution >= 4 is 17.6 Å². The fraction of sp³-hybridized carbons (Fsp3) is 0.231. The molecular formula is C13H13F2N3S. The number of aromatic nitrogens is 2. The number of nitrogen functional groups attached to an aromatic ring is 1. The summed E-state index contributed by atoms with van der Waals surface area (Å²) in [4.78, 5) is 8.69. The summed E-state index contributed by atoms with van der Waals surface area (Å²) in [6.07, 6.45) is 1.36. The van der Waals surface area contributed by atoms with Crippen LogP contribution in [0.3, 0.4) is 0 Å². The number of nitrogens with zero attached hydrogens (tertiary/aromatic N) is 2. The molecule has 0 amide bonds. The molecule has 0 aliphatic rings. The molecule has 0 fully saturated rings. The lowest BCUT2D eigenvalue weighted by Gasteiger charge is -2.12. The summed E-state index contributed by atoms with van der Waals surface area (Å²) in [7, 11) is 0. The number of halogens is 2. The summed E-state index contributed by atoms with van der Waals surface area (Å²) in [5.41, 5.74) is 6.65. The van der Waals surface area contributed by atoms with Gasteiger partial charge in [0.25, 0.3) is 0 Å². The van der Waals surface area contributed by atoms with Crippen LogP contribution in [0.1, 0.15) is 25.3 Å². The molecule has 0 saturated heterocycles. The largest absolute Gasteiger partial charge is 0.383 e. The van der Waals surface area contributed by atoms with Crippen molar-refractivity contribution in [2.75, 3.05) is 5.73 Å². The molecule has 0 bridgehead atoms. The zero-order chi connectivity index (χ0) is 14.0. The Balaban J connectivity index is 2.38. The second-order valence-corrected chi connectivity index (χ2v) is 5.37. The van der Waals surface area contributed by atoms with Crippen LogP contribution in [0.4, 0.5) is 14.6 Å². The fourth-order valence-corrected chi connectivity index (χ4v) is 2.74. The average molecular weight is 281 g/mol. The van der Waals surface area contributed by atoms with Crippen LogP contribution in [0.15, 0.2) is 34.4 Å². The smallest absolute Gasteiger partial charge is 0.159 e. The highest BCUT2D eigenvalue weighted by molar-refractivity contribution is 7.99. The SMILES string of the molecule is CC(C)c1c(N)ncnc1Sc1ccc(F)c(F)c1. The van der Waals surface area contributed by atoms with Gasteiger partial charge in [-0.05, 0) is 24.1 Å². The van der Waals surface area contributed by atoms with E-state index in [1.54, 1.807) is 0 Å². The number of nitrogens with two attached hydrogens (primary N) is 1. The van der Waals surface area contributed by atoms with Gasteiger partial charge in [0.05, 0.1) is 0 Å². The third kappa shape index (κ3) is 3.01. The van der Waals surface area contributed by atoms with Gasteiger partial charge < -0.3 is 5.73 Å². The molecule has 2 N–H and O–H groups in total. The topological polar surface area (TPSA) is 51.8 Å². The minimum Gasteiger partial charge on any atom is -0.383 e. The summed E-state index contributed by atoms with van der Waals surface area (Å²) in [6, 6.07) is 3.74. The predicted octanol–water partition coefficient (Wildman–Crippen LogP) is 3.61. The third-order valence-electron chi connectivity index (χ3n) is 2.56. The molecule has 0 aliphatic heterocycles. The zero-order valence-electron chi connectivity index (χ0n) is 10.5. The Kier molecular flexibility index (Phi) is 3.99. The number of anilines is 1. The zero-order valence-corrected chi connectivity index (χ0v) is 11.3. The van der Waals surface area contributed by atoms with Gasteiger partial charge in [0.2, 0.25) is 0 Å². The molecule has 1 aromatic heterocycles. The molecule has 1 aromatic carbocycles. The van der Waals surface area contributed by atoms with Gasteiger partial charge in [0, 0.05) is 10.5 Å². The van der Waals surface area contributed by atoms with Gasteiger partial charge in [-0.2, -0.15) is 0 Å². The van der Waals surface area contributed by atoms with E-state index in [-0.39, 0.29) is 5.92 Å². The molecule has 0 unspecified atom stereocenters. The maximum atomic E-state index is 13.2. The van der Waals surface area contributed by atoms with Crippen LogP contribution in [0, 0.1) is 11.6 Å². The van der Waals surface area contributed by atoms with Crippen LogP contribution in [0.2, 0.25) is 0 Å². The van der Waals surface area contributed by atoms with Gasteiger partial charge >= 0.3 is 0 Å². The molecule has 0 saturated carbocycles. The van der Waals surface area contributed by atoms with Gasteiger partial charge in [-0.3, -0.25) is 0 Å². The van der Waals surface area contributed by atoms with Crippen molar-refractivity contribution in [2.45, 2.75) is 29.7 Å². The van der Waals surface area contributed by atoms with Crippen molar-refractivity contribution < 1.29 is 8.78 Å².